The Bertz CT molecular complexity index is 695. The van der Waals surface area contributed by atoms with Crippen LogP contribution in [0.15, 0.2) is 6.20 Å². The molecule has 0 aromatic carbocycles. The van der Waals surface area contributed by atoms with Crippen molar-refractivity contribution < 1.29 is 9.90 Å². The number of aliphatic hydroxyl groups excluding tert-OH is 1. The second-order valence-corrected chi connectivity index (χ2v) is 8.36. The summed E-state index contributed by atoms with van der Waals surface area (Å²) >= 11 is 0. The normalized spacial score (nSPS) is 27.0. The van der Waals surface area contributed by atoms with Crippen molar-refractivity contribution in [3.63, 3.8) is 0 Å². The molecule has 1 amide bonds. The summed E-state index contributed by atoms with van der Waals surface area (Å²) in [6, 6.07) is 2.55. The van der Waals surface area contributed by atoms with Gasteiger partial charge in [-0.25, -0.2) is 0 Å². The van der Waals surface area contributed by atoms with E-state index in [1.807, 2.05) is 9.58 Å². The molecular formula is C19H30N6O2. The first-order chi connectivity index (χ1) is 13.0. The van der Waals surface area contributed by atoms with Gasteiger partial charge in [0.15, 0.2) is 0 Å². The van der Waals surface area contributed by atoms with E-state index in [0.29, 0.717) is 24.6 Å². The van der Waals surface area contributed by atoms with Crippen LogP contribution in [0, 0.1) is 22.7 Å². The Balaban J connectivity index is 1.53. The Labute approximate surface area is 160 Å². The number of nitrogens with one attached hydrogen (secondary N) is 1. The highest BCUT2D eigenvalue weighted by Crippen LogP contribution is 2.43. The summed E-state index contributed by atoms with van der Waals surface area (Å²) in [7, 11) is 0. The molecule has 0 bridgehead atoms. The van der Waals surface area contributed by atoms with Crippen molar-refractivity contribution >= 4 is 5.91 Å². The average molecular weight is 374 g/mol. The predicted molar refractivity (Wildman–Crippen MR) is 99.2 cm³/mol. The van der Waals surface area contributed by atoms with Gasteiger partial charge >= 0.3 is 0 Å². The van der Waals surface area contributed by atoms with Gasteiger partial charge in [-0.2, -0.15) is 5.26 Å². The van der Waals surface area contributed by atoms with Gasteiger partial charge in [0, 0.05) is 25.2 Å². The van der Waals surface area contributed by atoms with Gasteiger partial charge in [0.1, 0.15) is 5.69 Å². The van der Waals surface area contributed by atoms with Crippen molar-refractivity contribution in [2.75, 3.05) is 13.1 Å². The molecule has 2 heterocycles. The molecule has 1 saturated heterocycles. The number of hydrogen-bond donors (Lipinski definition) is 2. The third kappa shape index (κ3) is 4.30. The summed E-state index contributed by atoms with van der Waals surface area (Å²) in [5, 5.41) is 29.6. The SMILES string of the molecule is CC1(C)C(Cn2cc(CO)nn2)CC[C@H]1NCC(=O)N1CCCC1CC#N. The van der Waals surface area contributed by atoms with Crippen LogP contribution in [-0.2, 0) is 17.9 Å². The smallest absolute Gasteiger partial charge is 0.236 e. The lowest BCUT2D eigenvalue weighted by molar-refractivity contribution is -0.131. The molecule has 0 radical (unpaired) electrons. The maximum atomic E-state index is 12.6. The minimum atomic E-state index is -0.0936. The minimum Gasteiger partial charge on any atom is -0.390 e. The van der Waals surface area contributed by atoms with Crippen LogP contribution in [0.4, 0.5) is 0 Å². The summed E-state index contributed by atoms with van der Waals surface area (Å²) < 4.78 is 1.81. The van der Waals surface area contributed by atoms with E-state index in [-0.39, 0.29) is 30.0 Å². The van der Waals surface area contributed by atoms with Crippen LogP contribution in [0.25, 0.3) is 0 Å². The zero-order chi connectivity index (χ0) is 19.4. The summed E-state index contributed by atoms with van der Waals surface area (Å²) in [4.78, 5) is 14.5. The van der Waals surface area contributed by atoms with Crippen LogP contribution in [0.3, 0.4) is 0 Å². The third-order valence-corrected chi connectivity index (χ3v) is 6.43. The monoisotopic (exact) mass is 374 g/mol. The highest BCUT2D eigenvalue weighted by Gasteiger charge is 2.43. The number of aromatic nitrogens is 3. The third-order valence-electron chi connectivity index (χ3n) is 6.43. The number of nitriles is 1. The van der Waals surface area contributed by atoms with Crippen LogP contribution in [0.5, 0.6) is 0 Å². The molecule has 0 spiro atoms. The number of hydrogen-bond acceptors (Lipinski definition) is 6. The van der Waals surface area contributed by atoms with E-state index in [9.17, 15) is 4.79 Å². The average Bonchev–Trinajstić information content (AvgIpc) is 3.34. The molecular weight excluding hydrogens is 344 g/mol. The molecule has 3 atom stereocenters. The zero-order valence-electron chi connectivity index (χ0n) is 16.3. The van der Waals surface area contributed by atoms with E-state index < -0.39 is 0 Å². The first-order valence-electron chi connectivity index (χ1n) is 9.85. The summed E-state index contributed by atoms with van der Waals surface area (Å²) in [6.07, 6.45) is 6.23. The van der Waals surface area contributed by atoms with Crippen LogP contribution >= 0.6 is 0 Å². The van der Waals surface area contributed by atoms with E-state index in [0.717, 1.165) is 38.8 Å². The fraction of sp³-hybridized carbons (Fsp3) is 0.789. The van der Waals surface area contributed by atoms with Crippen LogP contribution in [0.1, 0.15) is 51.6 Å². The largest absolute Gasteiger partial charge is 0.390 e. The molecule has 1 aromatic heterocycles. The summed E-state index contributed by atoms with van der Waals surface area (Å²) in [5.74, 6) is 0.535. The number of carbonyl (C=O) groups excluding carboxylic acids is 1. The van der Waals surface area contributed by atoms with E-state index in [4.69, 9.17) is 10.4 Å². The number of nitrogens with zero attached hydrogens (tertiary/aromatic N) is 5. The van der Waals surface area contributed by atoms with Gasteiger partial charge < -0.3 is 15.3 Å². The Morgan fingerprint density at radius 3 is 2.96 bits per heavy atom. The number of likely N-dealkylation sites (tertiary alicyclic amines) is 1. The van der Waals surface area contributed by atoms with Crippen LogP contribution < -0.4 is 5.32 Å². The topological polar surface area (TPSA) is 107 Å². The van der Waals surface area contributed by atoms with Gasteiger partial charge in [0.2, 0.25) is 5.91 Å². The molecule has 2 unspecified atom stereocenters. The molecule has 3 rings (SSSR count). The second kappa shape index (κ2) is 8.36. The van der Waals surface area contributed by atoms with Crippen molar-refractivity contribution in [1.82, 2.24) is 25.2 Å². The Morgan fingerprint density at radius 2 is 2.26 bits per heavy atom. The summed E-state index contributed by atoms with van der Waals surface area (Å²) in [5.41, 5.74) is 0.617. The molecule has 8 nitrogen and oxygen atoms in total. The van der Waals surface area contributed by atoms with Gasteiger partial charge in [-0.3, -0.25) is 9.48 Å². The molecule has 2 fully saturated rings. The molecule has 1 aliphatic carbocycles. The molecule has 27 heavy (non-hydrogen) atoms. The van der Waals surface area contributed by atoms with E-state index in [2.05, 4.69) is 35.5 Å². The van der Waals surface area contributed by atoms with Crippen molar-refractivity contribution in [3.8, 4) is 6.07 Å². The maximum Gasteiger partial charge on any atom is 0.236 e. The van der Waals surface area contributed by atoms with Crippen LogP contribution in [0.2, 0.25) is 0 Å². The van der Waals surface area contributed by atoms with Gasteiger partial charge in [0.05, 0.1) is 31.8 Å². The number of aliphatic hydroxyl groups is 1. The van der Waals surface area contributed by atoms with Gasteiger partial charge in [-0.1, -0.05) is 19.1 Å². The van der Waals surface area contributed by atoms with E-state index in [1.165, 1.54) is 0 Å². The molecule has 1 saturated carbocycles. The number of rotatable bonds is 7. The lowest BCUT2D eigenvalue weighted by Crippen LogP contribution is -2.47. The van der Waals surface area contributed by atoms with E-state index in [1.54, 1.807) is 6.20 Å². The van der Waals surface area contributed by atoms with Crippen molar-refractivity contribution in [3.05, 3.63) is 11.9 Å². The standard InChI is InChI=1S/C19H30N6O2/c1-19(2)14(11-24-12-15(13-26)22-23-24)5-6-17(19)21-10-18(27)25-9-3-4-16(25)7-8-20/h12,14,16-17,21,26H,3-7,9-11,13H2,1-2H3/t14?,16?,17-/m1/s1. The lowest BCUT2D eigenvalue weighted by atomic mass is 9.79. The number of amides is 1. The molecule has 8 heteroatoms. The highest BCUT2D eigenvalue weighted by atomic mass is 16.3. The van der Waals surface area contributed by atoms with E-state index >= 15 is 0 Å². The Hall–Kier alpha value is -1.98. The molecule has 2 N–H and O–H groups in total. The van der Waals surface area contributed by atoms with Gasteiger partial charge in [0.25, 0.3) is 0 Å². The van der Waals surface area contributed by atoms with Crippen molar-refractivity contribution in [1.29, 1.82) is 5.26 Å². The predicted octanol–water partition coefficient (Wildman–Crippen LogP) is 1.07. The quantitative estimate of drug-likeness (QED) is 0.739. The molecule has 2 aliphatic rings. The zero-order valence-corrected chi connectivity index (χ0v) is 16.3. The molecule has 1 aromatic rings. The van der Waals surface area contributed by atoms with Crippen molar-refractivity contribution in [2.24, 2.45) is 11.3 Å². The fourth-order valence-electron chi connectivity index (χ4n) is 4.61. The highest BCUT2D eigenvalue weighted by molar-refractivity contribution is 5.79. The summed E-state index contributed by atoms with van der Waals surface area (Å²) in [6.45, 7) is 6.26. The fourth-order valence-corrected chi connectivity index (χ4v) is 4.61. The van der Waals surface area contributed by atoms with Crippen LogP contribution in [-0.4, -0.2) is 56.1 Å². The van der Waals surface area contributed by atoms with Crippen molar-refractivity contribution in [2.45, 2.75) is 71.2 Å². The maximum absolute atomic E-state index is 12.6. The second-order valence-electron chi connectivity index (χ2n) is 8.36. The Morgan fingerprint density at radius 1 is 1.44 bits per heavy atom. The lowest BCUT2D eigenvalue weighted by Gasteiger charge is -2.34. The van der Waals surface area contributed by atoms with Gasteiger partial charge in [-0.15, -0.1) is 5.10 Å². The first kappa shape index (κ1) is 19.8. The molecule has 148 valence electrons. The van der Waals surface area contributed by atoms with Gasteiger partial charge in [-0.05, 0) is 37.0 Å². The molecule has 1 aliphatic heterocycles. The Kier molecular flexibility index (Phi) is 6.12. The minimum absolute atomic E-state index is 0.0304. The number of carbonyl (C=O) groups is 1. The first-order valence-corrected chi connectivity index (χ1v) is 9.85.